The van der Waals surface area contributed by atoms with Crippen LogP contribution >= 0.6 is 0 Å². The molecule has 5 rings (SSSR count). The highest BCUT2D eigenvalue weighted by atomic mass is 16.7. The fourth-order valence-corrected chi connectivity index (χ4v) is 5.40. The standard InChI is InChI=1S/C26H30N2O6/c1-25(2)33-17-21(34-25)22-26(23(29)28(22)19-10-12-20(31-3)13-11-19)14-7-15-27(26)24(30)32-16-18-8-5-4-6-9-18/h4-6,8-13,21-22H,7,14-17H2,1-3H3/t21-,22-,26+/m1/s1. The van der Waals surface area contributed by atoms with Crippen molar-refractivity contribution in [2.75, 3.05) is 25.2 Å². The number of methoxy groups -OCH3 is 1. The van der Waals surface area contributed by atoms with Gasteiger partial charge in [-0.1, -0.05) is 30.3 Å². The van der Waals surface area contributed by atoms with Gasteiger partial charge in [-0.3, -0.25) is 9.69 Å². The summed E-state index contributed by atoms with van der Waals surface area (Å²) in [5.74, 6) is -0.172. The molecule has 34 heavy (non-hydrogen) atoms. The second-order valence-corrected chi connectivity index (χ2v) is 9.40. The second-order valence-electron chi connectivity index (χ2n) is 9.40. The van der Waals surface area contributed by atoms with Gasteiger partial charge in [0.25, 0.3) is 5.91 Å². The predicted octanol–water partition coefficient (Wildman–Crippen LogP) is 3.73. The van der Waals surface area contributed by atoms with Crippen molar-refractivity contribution in [2.24, 2.45) is 0 Å². The third-order valence-electron chi connectivity index (χ3n) is 6.94. The lowest BCUT2D eigenvalue weighted by Gasteiger charge is -2.58. The molecule has 0 N–H and O–H groups in total. The average molecular weight is 467 g/mol. The maximum atomic E-state index is 13.8. The Hall–Kier alpha value is -3.10. The first kappa shape index (κ1) is 22.7. The second kappa shape index (κ2) is 8.60. The monoisotopic (exact) mass is 466 g/mol. The predicted molar refractivity (Wildman–Crippen MR) is 124 cm³/mol. The Morgan fingerprint density at radius 1 is 1.12 bits per heavy atom. The molecular formula is C26H30N2O6. The molecule has 3 heterocycles. The summed E-state index contributed by atoms with van der Waals surface area (Å²) in [5.41, 5.74) is 0.622. The number of nitrogens with zero attached hydrogens (tertiary/aromatic N) is 2. The van der Waals surface area contributed by atoms with Crippen LogP contribution in [0.5, 0.6) is 5.75 Å². The number of hydrogen-bond donors (Lipinski definition) is 0. The van der Waals surface area contributed by atoms with Crippen molar-refractivity contribution < 1.29 is 28.5 Å². The van der Waals surface area contributed by atoms with E-state index in [1.54, 1.807) is 16.9 Å². The largest absolute Gasteiger partial charge is 0.497 e. The number of carbonyl (C=O) groups excluding carboxylic acids is 2. The quantitative estimate of drug-likeness (QED) is 0.625. The molecule has 2 aromatic rings. The van der Waals surface area contributed by atoms with E-state index in [0.717, 1.165) is 17.7 Å². The van der Waals surface area contributed by atoms with Crippen LogP contribution in [0, 0.1) is 0 Å². The van der Waals surface area contributed by atoms with E-state index in [1.807, 2.05) is 68.4 Å². The highest BCUT2D eigenvalue weighted by Crippen LogP contribution is 2.50. The molecule has 2 aromatic carbocycles. The smallest absolute Gasteiger partial charge is 0.411 e. The Labute approximate surface area is 199 Å². The van der Waals surface area contributed by atoms with Crippen molar-refractivity contribution >= 4 is 17.7 Å². The molecule has 3 aliphatic heterocycles. The first-order valence-corrected chi connectivity index (χ1v) is 11.6. The van der Waals surface area contributed by atoms with E-state index in [4.69, 9.17) is 18.9 Å². The van der Waals surface area contributed by atoms with Crippen molar-refractivity contribution in [1.82, 2.24) is 4.90 Å². The van der Waals surface area contributed by atoms with Crippen LogP contribution in [-0.2, 0) is 25.6 Å². The van der Waals surface area contributed by atoms with Gasteiger partial charge in [-0.15, -0.1) is 0 Å². The molecule has 0 saturated carbocycles. The number of rotatable bonds is 5. The number of hydrogen-bond acceptors (Lipinski definition) is 6. The van der Waals surface area contributed by atoms with Gasteiger partial charge in [0, 0.05) is 12.2 Å². The van der Waals surface area contributed by atoms with Gasteiger partial charge in [-0.25, -0.2) is 4.79 Å². The van der Waals surface area contributed by atoms with Crippen molar-refractivity contribution in [3.05, 3.63) is 60.2 Å². The van der Waals surface area contributed by atoms with Crippen LogP contribution in [-0.4, -0.2) is 60.6 Å². The summed E-state index contributed by atoms with van der Waals surface area (Å²) in [5, 5.41) is 0. The van der Waals surface area contributed by atoms with E-state index in [9.17, 15) is 9.59 Å². The van der Waals surface area contributed by atoms with E-state index in [-0.39, 0.29) is 24.7 Å². The van der Waals surface area contributed by atoms with Crippen molar-refractivity contribution in [1.29, 1.82) is 0 Å². The minimum absolute atomic E-state index is 0.120. The van der Waals surface area contributed by atoms with Gasteiger partial charge in [0.05, 0.1) is 19.8 Å². The minimum atomic E-state index is -1.01. The first-order valence-electron chi connectivity index (χ1n) is 11.6. The van der Waals surface area contributed by atoms with Crippen LogP contribution in [0.15, 0.2) is 54.6 Å². The third-order valence-corrected chi connectivity index (χ3v) is 6.94. The van der Waals surface area contributed by atoms with Gasteiger partial charge in [0.1, 0.15) is 24.0 Å². The van der Waals surface area contributed by atoms with Gasteiger partial charge in [0.15, 0.2) is 5.79 Å². The lowest BCUT2D eigenvalue weighted by Crippen LogP contribution is -2.82. The molecule has 0 aliphatic carbocycles. The summed E-state index contributed by atoms with van der Waals surface area (Å²) < 4.78 is 23.0. The molecule has 0 unspecified atom stereocenters. The summed E-state index contributed by atoms with van der Waals surface area (Å²) in [6.45, 7) is 4.68. The summed E-state index contributed by atoms with van der Waals surface area (Å²) in [6, 6.07) is 16.5. The highest BCUT2D eigenvalue weighted by molar-refractivity contribution is 6.11. The molecule has 0 bridgehead atoms. The SMILES string of the molecule is COc1ccc(N2C(=O)[C@]3(CCCN3C(=O)OCc3ccccc3)[C@H]2[C@H]2COC(C)(C)O2)cc1. The third kappa shape index (κ3) is 3.71. The van der Waals surface area contributed by atoms with E-state index >= 15 is 0 Å². The Morgan fingerprint density at radius 2 is 1.85 bits per heavy atom. The summed E-state index contributed by atoms with van der Waals surface area (Å²) in [6.07, 6.45) is 0.421. The normalized spacial score (nSPS) is 27.7. The number of benzene rings is 2. The van der Waals surface area contributed by atoms with Crippen LogP contribution in [0.2, 0.25) is 0 Å². The van der Waals surface area contributed by atoms with Crippen molar-refractivity contribution in [3.63, 3.8) is 0 Å². The van der Waals surface area contributed by atoms with Crippen LogP contribution in [0.1, 0.15) is 32.3 Å². The topological polar surface area (TPSA) is 77.5 Å². The van der Waals surface area contributed by atoms with Gasteiger partial charge in [-0.2, -0.15) is 0 Å². The lowest BCUT2D eigenvalue weighted by atomic mass is 9.73. The van der Waals surface area contributed by atoms with E-state index in [2.05, 4.69) is 0 Å². The molecular weight excluding hydrogens is 436 g/mol. The summed E-state index contributed by atoms with van der Waals surface area (Å²) in [4.78, 5) is 30.4. The van der Waals surface area contributed by atoms with Gasteiger partial charge >= 0.3 is 6.09 Å². The molecule has 8 nitrogen and oxygen atoms in total. The Balaban J connectivity index is 1.43. The van der Waals surface area contributed by atoms with Crippen molar-refractivity contribution in [2.45, 2.75) is 56.8 Å². The van der Waals surface area contributed by atoms with E-state index < -0.39 is 17.4 Å². The van der Waals surface area contributed by atoms with Gasteiger partial charge in [-0.05, 0) is 56.5 Å². The molecule has 3 atom stereocenters. The van der Waals surface area contributed by atoms with Crippen LogP contribution in [0.25, 0.3) is 0 Å². The zero-order valence-corrected chi connectivity index (χ0v) is 19.7. The fraction of sp³-hybridized carbons (Fsp3) is 0.462. The number of carbonyl (C=O) groups is 2. The first-order chi connectivity index (χ1) is 16.4. The number of amides is 2. The number of anilines is 1. The summed E-state index contributed by atoms with van der Waals surface area (Å²) in [7, 11) is 1.60. The summed E-state index contributed by atoms with van der Waals surface area (Å²) >= 11 is 0. The minimum Gasteiger partial charge on any atom is -0.497 e. The van der Waals surface area contributed by atoms with Gasteiger partial charge < -0.3 is 23.8 Å². The Morgan fingerprint density at radius 3 is 2.50 bits per heavy atom. The Kier molecular flexibility index (Phi) is 5.73. The van der Waals surface area contributed by atoms with Crippen LogP contribution in [0.4, 0.5) is 10.5 Å². The molecule has 180 valence electrons. The molecule has 2 amide bonds. The molecule has 0 radical (unpaired) electrons. The Bertz CT molecular complexity index is 1060. The molecule has 3 fully saturated rings. The highest BCUT2D eigenvalue weighted by Gasteiger charge is 2.70. The van der Waals surface area contributed by atoms with Crippen molar-refractivity contribution in [3.8, 4) is 5.75 Å². The van der Waals surface area contributed by atoms with Gasteiger partial charge in [0.2, 0.25) is 0 Å². The lowest BCUT2D eigenvalue weighted by molar-refractivity contribution is -0.161. The average Bonchev–Trinajstić information content (AvgIpc) is 3.46. The maximum Gasteiger partial charge on any atom is 0.411 e. The van der Waals surface area contributed by atoms with Crippen LogP contribution < -0.4 is 9.64 Å². The molecule has 0 aromatic heterocycles. The molecule has 1 spiro atoms. The fourth-order valence-electron chi connectivity index (χ4n) is 5.40. The van der Waals surface area contributed by atoms with Crippen LogP contribution in [0.3, 0.4) is 0 Å². The van der Waals surface area contributed by atoms with E-state index in [0.29, 0.717) is 25.3 Å². The number of β-lactam (4-membered cyclic amide) rings is 1. The molecule has 8 heteroatoms. The van der Waals surface area contributed by atoms with E-state index in [1.165, 1.54) is 0 Å². The number of ether oxygens (including phenoxy) is 4. The zero-order chi connectivity index (χ0) is 23.9. The molecule has 3 aliphatic rings. The molecule has 3 saturated heterocycles. The maximum absolute atomic E-state index is 13.8. The number of likely N-dealkylation sites (tertiary alicyclic amines) is 1. The zero-order valence-electron chi connectivity index (χ0n) is 19.7.